The fourth-order valence-electron chi connectivity index (χ4n) is 4.24. The van der Waals surface area contributed by atoms with Crippen LogP contribution in [0.3, 0.4) is 0 Å². The van der Waals surface area contributed by atoms with E-state index in [4.69, 9.17) is 39.8 Å². The van der Waals surface area contributed by atoms with Gasteiger partial charge in [-0.15, -0.1) is 0 Å². The highest BCUT2D eigenvalue weighted by molar-refractivity contribution is 8.22. The third-order valence-electron chi connectivity index (χ3n) is 5.72. The quantitative estimate of drug-likeness (QED) is 0.523. The molecule has 6 heteroatoms. The van der Waals surface area contributed by atoms with Crippen molar-refractivity contribution >= 4 is 56.6 Å². The van der Waals surface area contributed by atoms with Crippen LogP contribution in [0.25, 0.3) is 4.91 Å². The van der Waals surface area contributed by atoms with Gasteiger partial charge in [-0.1, -0.05) is 59.4 Å². The van der Waals surface area contributed by atoms with Gasteiger partial charge >= 0.3 is 0 Å². The zero-order chi connectivity index (χ0) is 18.6. The number of thioether (sulfide) groups is 1. The first-order valence-electron chi connectivity index (χ1n) is 9.04. The predicted molar refractivity (Wildman–Crippen MR) is 117 cm³/mol. The molecule has 2 aromatic carbocycles. The van der Waals surface area contributed by atoms with E-state index in [0.29, 0.717) is 10.0 Å². The van der Waals surface area contributed by atoms with Crippen molar-refractivity contribution in [3.8, 4) is 0 Å². The van der Waals surface area contributed by atoms with Crippen molar-refractivity contribution < 1.29 is 0 Å². The summed E-state index contributed by atoms with van der Waals surface area (Å²) in [4.78, 5) is 8.43. The molecule has 2 nitrogen and oxygen atoms in total. The van der Waals surface area contributed by atoms with E-state index in [1.165, 1.54) is 28.1 Å². The van der Waals surface area contributed by atoms with E-state index < -0.39 is 0 Å². The summed E-state index contributed by atoms with van der Waals surface area (Å²) in [6.07, 6.45) is 3.44. The Balaban J connectivity index is 1.70. The summed E-state index contributed by atoms with van der Waals surface area (Å²) in [5.74, 6) is 0. The smallest absolute Gasteiger partial charge is 0.168 e. The molecular weight excluding hydrogens is 419 g/mol. The van der Waals surface area contributed by atoms with E-state index in [2.05, 4.69) is 23.1 Å². The first-order chi connectivity index (χ1) is 13.1. The minimum Gasteiger partial charge on any atom is -0.321 e. The Hall–Kier alpha value is -1.13. The Kier molecular flexibility index (Phi) is 4.47. The minimum absolute atomic E-state index is 0.0300. The number of rotatable bonds is 3. The van der Waals surface area contributed by atoms with E-state index in [1.54, 1.807) is 11.8 Å². The molecule has 3 aliphatic rings. The van der Waals surface area contributed by atoms with Gasteiger partial charge in [0.15, 0.2) is 5.17 Å². The molecule has 1 saturated carbocycles. The van der Waals surface area contributed by atoms with Crippen LogP contribution in [0.4, 0.5) is 0 Å². The van der Waals surface area contributed by atoms with E-state index in [-0.39, 0.29) is 5.41 Å². The molecule has 138 valence electrons. The highest BCUT2D eigenvalue weighted by Crippen LogP contribution is 2.58. The Morgan fingerprint density at radius 3 is 2.41 bits per heavy atom. The van der Waals surface area contributed by atoms with Crippen LogP contribution >= 0.6 is 46.6 Å². The first-order valence-corrected chi connectivity index (χ1v) is 11.0. The molecule has 0 unspecified atom stereocenters. The van der Waals surface area contributed by atoms with Crippen LogP contribution in [0.2, 0.25) is 15.1 Å². The van der Waals surface area contributed by atoms with Gasteiger partial charge in [-0.2, -0.15) is 0 Å². The van der Waals surface area contributed by atoms with Gasteiger partial charge < -0.3 is 4.90 Å². The summed E-state index contributed by atoms with van der Waals surface area (Å²) in [7, 11) is 0. The second-order valence-corrected chi connectivity index (χ2v) is 9.40. The molecule has 1 fully saturated rings. The van der Waals surface area contributed by atoms with Crippen molar-refractivity contribution in [2.24, 2.45) is 4.99 Å². The average molecular weight is 436 g/mol. The maximum absolute atomic E-state index is 6.38. The lowest BCUT2D eigenvalue weighted by molar-refractivity contribution is 0.254. The number of benzene rings is 2. The highest BCUT2D eigenvalue weighted by Gasteiger charge is 2.50. The normalized spacial score (nSPS) is 20.6. The van der Waals surface area contributed by atoms with Crippen molar-refractivity contribution in [3.63, 3.8) is 0 Å². The summed E-state index contributed by atoms with van der Waals surface area (Å²) in [6.45, 7) is 1.80. The number of allylic oxidation sites excluding steroid dienone is 1. The van der Waals surface area contributed by atoms with Crippen LogP contribution in [-0.4, -0.2) is 23.2 Å². The number of hydrogen-bond donors (Lipinski definition) is 0. The van der Waals surface area contributed by atoms with Crippen LogP contribution in [0.1, 0.15) is 30.4 Å². The van der Waals surface area contributed by atoms with Crippen LogP contribution < -0.4 is 0 Å². The summed E-state index contributed by atoms with van der Waals surface area (Å²) < 4.78 is 0. The molecule has 0 spiro atoms. The zero-order valence-corrected chi connectivity index (χ0v) is 17.6. The van der Waals surface area contributed by atoms with Gasteiger partial charge in [0.25, 0.3) is 0 Å². The molecule has 0 saturated heterocycles. The molecule has 27 heavy (non-hydrogen) atoms. The standard InChI is InChI=1S/C21H17Cl3N2S/c22-15-5-2-13(3-6-15)18-19(26-11-10-25-20(26)27-18)21(8-1-9-21)14-4-7-16(23)17(24)12-14/h2-7,12H,1,8-11H2. The largest absolute Gasteiger partial charge is 0.321 e. The summed E-state index contributed by atoms with van der Waals surface area (Å²) in [6, 6.07) is 14.2. The van der Waals surface area contributed by atoms with Crippen molar-refractivity contribution in [2.75, 3.05) is 13.1 Å². The highest BCUT2D eigenvalue weighted by atomic mass is 35.5. The molecular formula is C21H17Cl3N2S. The Bertz CT molecular complexity index is 977. The van der Waals surface area contributed by atoms with Gasteiger partial charge in [0.05, 0.1) is 16.6 Å². The Morgan fingerprint density at radius 1 is 0.963 bits per heavy atom. The Morgan fingerprint density at radius 2 is 1.74 bits per heavy atom. The van der Waals surface area contributed by atoms with Crippen molar-refractivity contribution in [3.05, 3.63) is 74.4 Å². The lowest BCUT2D eigenvalue weighted by Gasteiger charge is -2.46. The fraction of sp³-hybridized carbons (Fsp3) is 0.286. The number of amidine groups is 1. The lowest BCUT2D eigenvalue weighted by atomic mass is 9.61. The number of halogens is 3. The molecule has 2 aliphatic heterocycles. The van der Waals surface area contributed by atoms with Crippen molar-refractivity contribution in [1.29, 1.82) is 0 Å². The fourth-order valence-corrected chi connectivity index (χ4v) is 5.95. The van der Waals surface area contributed by atoms with Gasteiger partial charge in [0.2, 0.25) is 0 Å². The van der Waals surface area contributed by atoms with Crippen LogP contribution in [0.15, 0.2) is 53.2 Å². The SMILES string of the molecule is Clc1ccc(C2=C(C3(c4ccc(Cl)c(Cl)c4)CCC3)N3CCN=C3S2)cc1. The first kappa shape index (κ1) is 17.9. The average Bonchev–Trinajstić information content (AvgIpc) is 3.20. The monoisotopic (exact) mass is 434 g/mol. The molecule has 2 heterocycles. The van der Waals surface area contributed by atoms with E-state index >= 15 is 0 Å². The van der Waals surface area contributed by atoms with Crippen molar-refractivity contribution in [1.82, 2.24) is 4.90 Å². The molecule has 0 radical (unpaired) electrons. The molecule has 0 N–H and O–H groups in total. The van der Waals surface area contributed by atoms with Crippen LogP contribution in [0, 0.1) is 0 Å². The minimum atomic E-state index is -0.0300. The maximum Gasteiger partial charge on any atom is 0.168 e. The Labute approximate surface area is 178 Å². The third kappa shape index (κ3) is 2.82. The third-order valence-corrected chi connectivity index (χ3v) is 7.88. The number of nitrogens with zero attached hydrogens (tertiary/aromatic N) is 2. The van der Waals surface area contributed by atoms with Crippen LogP contribution in [0.5, 0.6) is 0 Å². The topological polar surface area (TPSA) is 15.6 Å². The maximum atomic E-state index is 6.38. The number of aliphatic imine (C=N–C) groups is 1. The molecule has 0 atom stereocenters. The molecule has 0 bridgehead atoms. The van der Waals surface area contributed by atoms with Crippen LogP contribution in [-0.2, 0) is 5.41 Å². The summed E-state index contributed by atoms with van der Waals surface area (Å²) in [5, 5.41) is 3.09. The predicted octanol–water partition coefficient (Wildman–Crippen LogP) is 6.86. The molecule has 1 aliphatic carbocycles. The molecule has 0 aromatic heterocycles. The van der Waals surface area contributed by atoms with Gasteiger partial charge in [-0.25, -0.2) is 0 Å². The van der Waals surface area contributed by atoms with E-state index in [9.17, 15) is 0 Å². The molecule has 5 rings (SSSR count). The summed E-state index contributed by atoms with van der Waals surface area (Å²) >= 11 is 20.5. The van der Waals surface area contributed by atoms with Gasteiger partial charge in [0, 0.05) is 27.6 Å². The number of fused-ring (bicyclic) bond motifs is 1. The lowest BCUT2D eigenvalue weighted by Crippen LogP contribution is -2.43. The van der Waals surface area contributed by atoms with Crippen molar-refractivity contribution in [2.45, 2.75) is 24.7 Å². The van der Waals surface area contributed by atoms with Gasteiger partial charge in [0.1, 0.15) is 0 Å². The van der Waals surface area contributed by atoms with E-state index in [1.807, 2.05) is 24.3 Å². The second kappa shape index (κ2) is 6.73. The van der Waals surface area contributed by atoms with E-state index in [0.717, 1.165) is 36.1 Å². The molecule has 2 aromatic rings. The van der Waals surface area contributed by atoms with Gasteiger partial charge in [-0.3, -0.25) is 4.99 Å². The van der Waals surface area contributed by atoms with Gasteiger partial charge in [-0.05, 0) is 60.0 Å². The second-order valence-electron chi connectivity index (χ2n) is 7.17. The molecule has 0 amide bonds. The zero-order valence-electron chi connectivity index (χ0n) is 14.5. The number of hydrogen-bond acceptors (Lipinski definition) is 3. The summed E-state index contributed by atoms with van der Waals surface area (Å²) in [5.41, 5.74) is 3.79.